The fourth-order valence-electron chi connectivity index (χ4n) is 1.93. The van der Waals surface area contributed by atoms with Crippen LogP contribution in [0.4, 0.5) is 0 Å². The molecular weight excluding hydrogens is 218 g/mol. The van der Waals surface area contributed by atoms with Gasteiger partial charge in [-0.3, -0.25) is 9.69 Å². The first-order chi connectivity index (χ1) is 7.61. The Labute approximate surface area is 104 Å². The van der Waals surface area contributed by atoms with Gasteiger partial charge in [0.25, 0.3) is 0 Å². The average Bonchev–Trinajstić information content (AvgIpc) is 2.14. The maximum atomic E-state index is 11.9. The van der Waals surface area contributed by atoms with Crippen molar-refractivity contribution in [1.82, 2.24) is 4.90 Å². The zero-order chi connectivity index (χ0) is 13.3. The number of aliphatic hydroxyl groups is 1. The third-order valence-corrected chi connectivity index (χ3v) is 3.17. The molecule has 0 aliphatic carbocycles. The number of hydrogen-bond acceptors (Lipinski definition) is 4. The Morgan fingerprint density at radius 2 is 1.82 bits per heavy atom. The topological polar surface area (TPSA) is 49.8 Å². The minimum absolute atomic E-state index is 0.181. The van der Waals surface area contributed by atoms with Gasteiger partial charge in [0.2, 0.25) is 0 Å². The molecule has 17 heavy (non-hydrogen) atoms. The molecule has 1 rings (SSSR count). The molecule has 0 radical (unpaired) electrons. The van der Waals surface area contributed by atoms with Gasteiger partial charge in [-0.05, 0) is 47.5 Å². The number of carbonyl (C=O) groups excluding carboxylic acids is 1. The Hall–Kier alpha value is -0.610. The average molecular weight is 243 g/mol. The monoisotopic (exact) mass is 243 g/mol. The van der Waals surface area contributed by atoms with Gasteiger partial charge in [0.05, 0.1) is 5.60 Å². The fourth-order valence-corrected chi connectivity index (χ4v) is 1.93. The molecule has 0 aromatic rings. The highest BCUT2D eigenvalue weighted by Gasteiger charge is 2.33. The number of nitrogens with zero attached hydrogens (tertiary/aromatic N) is 1. The predicted molar refractivity (Wildman–Crippen MR) is 66.7 cm³/mol. The SMILES string of the molecule is CC(C(=O)OC(C)(C)C)N1CCC(C)(O)CC1. The fraction of sp³-hybridized carbons (Fsp3) is 0.923. The molecule has 0 bridgehead atoms. The Balaban J connectivity index is 2.49. The summed E-state index contributed by atoms with van der Waals surface area (Å²) in [5.41, 5.74) is -1.02. The van der Waals surface area contributed by atoms with Gasteiger partial charge in [-0.2, -0.15) is 0 Å². The molecule has 1 atom stereocenters. The second-order valence-electron chi connectivity index (χ2n) is 6.24. The van der Waals surface area contributed by atoms with Gasteiger partial charge >= 0.3 is 5.97 Å². The number of likely N-dealkylation sites (tertiary alicyclic amines) is 1. The van der Waals surface area contributed by atoms with Crippen LogP contribution in [0.2, 0.25) is 0 Å². The molecule has 4 heteroatoms. The maximum absolute atomic E-state index is 11.9. The van der Waals surface area contributed by atoms with E-state index >= 15 is 0 Å². The van der Waals surface area contributed by atoms with E-state index < -0.39 is 11.2 Å². The van der Waals surface area contributed by atoms with E-state index in [2.05, 4.69) is 4.90 Å². The molecule has 100 valence electrons. The molecule has 1 fully saturated rings. The van der Waals surface area contributed by atoms with Crippen LogP contribution < -0.4 is 0 Å². The molecule has 1 aliphatic heterocycles. The third kappa shape index (κ3) is 4.64. The minimum atomic E-state index is -0.579. The molecule has 0 aromatic heterocycles. The van der Waals surface area contributed by atoms with Crippen LogP contribution in [0.3, 0.4) is 0 Å². The molecule has 1 heterocycles. The number of esters is 1. The van der Waals surface area contributed by atoms with Gasteiger partial charge in [-0.25, -0.2) is 0 Å². The van der Waals surface area contributed by atoms with Crippen molar-refractivity contribution in [1.29, 1.82) is 0 Å². The number of piperidine rings is 1. The van der Waals surface area contributed by atoms with E-state index in [1.165, 1.54) is 0 Å². The molecule has 1 N–H and O–H groups in total. The summed E-state index contributed by atoms with van der Waals surface area (Å²) in [7, 11) is 0. The van der Waals surface area contributed by atoms with Crippen molar-refractivity contribution in [3.05, 3.63) is 0 Å². The molecular formula is C13H25NO3. The van der Waals surface area contributed by atoms with Crippen LogP contribution in [0.25, 0.3) is 0 Å². The minimum Gasteiger partial charge on any atom is -0.459 e. The molecule has 1 unspecified atom stereocenters. The van der Waals surface area contributed by atoms with E-state index in [9.17, 15) is 9.90 Å². The molecule has 0 saturated carbocycles. The molecule has 1 aliphatic rings. The van der Waals surface area contributed by atoms with Gasteiger partial charge in [-0.1, -0.05) is 0 Å². The zero-order valence-corrected chi connectivity index (χ0v) is 11.6. The molecule has 0 amide bonds. The van der Waals surface area contributed by atoms with Gasteiger partial charge in [0.1, 0.15) is 11.6 Å². The van der Waals surface area contributed by atoms with Crippen molar-refractivity contribution in [3.63, 3.8) is 0 Å². The normalized spacial score (nSPS) is 23.2. The number of ether oxygens (including phenoxy) is 1. The smallest absolute Gasteiger partial charge is 0.323 e. The Morgan fingerprint density at radius 3 is 2.24 bits per heavy atom. The van der Waals surface area contributed by atoms with Crippen molar-refractivity contribution < 1.29 is 14.6 Å². The first-order valence-electron chi connectivity index (χ1n) is 6.30. The summed E-state index contributed by atoms with van der Waals surface area (Å²) < 4.78 is 5.36. The summed E-state index contributed by atoms with van der Waals surface area (Å²) >= 11 is 0. The van der Waals surface area contributed by atoms with Crippen LogP contribution in [0.1, 0.15) is 47.5 Å². The Morgan fingerprint density at radius 1 is 1.35 bits per heavy atom. The molecule has 0 spiro atoms. The van der Waals surface area contributed by atoms with Gasteiger partial charge in [0, 0.05) is 13.1 Å². The van der Waals surface area contributed by atoms with E-state index in [-0.39, 0.29) is 12.0 Å². The Kier molecular flexibility index (Phi) is 4.20. The van der Waals surface area contributed by atoms with Crippen molar-refractivity contribution in [2.24, 2.45) is 0 Å². The Bertz CT molecular complexity index is 271. The van der Waals surface area contributed by atoms with Crippen molar-refractivity contribution in [2.75, 3.05) is 13.1 Å². The van der Waals surface area contributed by atoms with E-state index in [0.717, 1.165) is 13.1 Å². The van der Waals surface area contributed by atoms with Crippen LogP contribution in [0.15, 0.2) is 0 Å². The highest BCUT2D eigenvalue weighted by Crippen LogP contribution is 2.23. The first kappa shape index (κ1) is 14.5. The summed E-state index contributed by atoms with van der Waals surface area (Å²) in [6, 6.07) is -0.231. The largest absolute Gasteiger partial charge is 0.459 e. The second kappa shape index (κ2) is 4.94. The summed E-state index contributed by atoms with van der Waals surface area (Å²) in [5, 5.41) is 9.86. The summed E-state index contributed by atoms with van der Waals surface area (Å²) in [6.07, 6.45) is 1.42. The number of rotatable bonds is 2. The zero-order valence-electron chi connectivity index (χ0n) is 11.6. The van der Waals surface area contributed by atoms with Crippen LogP contribution in [-0.2, 0) is 9.53 Å². The van der Waals surface area contributed by atoms with Crippen molar-refractivity contribution >= 4 is 5.97 Å². The van der Waals surface area contributed by atoms with Crippen LogP contribution in [0.5, 0.6) is 0 Å². The van der Waals surface area contributed by atoms with Gasteiger partial charge in [0.15, 0.2) is 0 Å². The number of carbonyl (C=O) groups is 1. The van der Waals surface area contributed by atoms with Crippen LogP contribution >= 0.6 is 0 Å². The lowest BCUT2D eigenvalue weighted by Gasteiger charge is -2.38. The number of hydrogen-bond donors (Lipinski definition) is 1. The summed E-state index contributed by atoms with van der Waals surface area (Å²) in [6.45, 7) is 10.8. The van der Waals surface area contributed by atoms with Gasteiger partial charge < -0.3 is 9.84 Å². The summed E-state index contributed by atoms with van der Waals surface area (Å²) in [5.74, 6) is -0.181. The van der Waals surface area contributed by atoms with Crippen molar-refractivity contribution in [2.45, 2.75) is 64.7 Å². The lowest BCUT2D eigenvalue weighted by molar-refractivity contribution is -0.162. The van der Waals surface area contributed by atoms with Gasteiger partial charge in [-0.15, -0.1) is 0 Å². The van der Waals surface area contributed by atoms with E-state index in [1.807, 2.05) is 34.6 Å². The molecule has 4 nitrogen and oxygen atoms in total. The lowest BCUT2D eigenvalue weighted by atomic mass is 9.93. The highest BCUT2D eigenvalue weighted by molar-refractivity contribution is 5.75. The lowest BCUT2D eigenvalue weighted by Crippen LogP contribution is -2.49. The quantitative estimate of drug-likeness (QED) is 0.748. The van der Waals surface area contributed by atoms with E-state index in [1.54, 1.807) is 0 Å². The van der Waals surface area contributed by atoms with Crippen molar-refractivity contribution in [3.8, 4) is 0 Å². The predicted octanol–water partition coefficient (Wildman–Crippen LogP) is 1.56. The second-order valence-corrected chi connectivity index (χ2v) is 6.24. The first-order valence-corrected chi connectivity index (χ1v) is 6.30. The van der Waals surface area contributed by atoms with Crippen LogP contribution in [-0.4, -0.2) is 46.3 Å². The standard InChI is InChI=1S/C13H25NO3/c1-10(11(15)17-12(2,3)4)14-8-6-13(5,16)7-9-14/h10,16H,6-9H2,1-5H3. The van der Waals surface area contributed by atoms with E-state index in [0.29, 0.717) is 12.8 Å². The van der Waals surface area contributed by atoms with E-state index in [4.69, 9.17) is 4.74 Å². The third-order valence-electron chi connectivity index (χ3n) is 3.17. The van der Waals surface area contributed by atoms with Crippen LogP contribution in [0, 0.1) is 0 Å². The highest BCUT2D eigenvalue weighted by atomic mass is 16.6. The maximum Gasteiger partial charge on any atom is 0.323 e. The summed E-state index contributed by atoms with van der Waals surface area (Å²) in [4.78, 5) is 14.0. The molecule has 1 saturated heterocycles. The molecule has 0 aromatic carbocycles.